The number of thioether (sulfide) groups is 1. The van der Waals surface area contributed by atoms with E-state index < -0.39 is 0 Å². The lowest BCUT2D eigenvalue weighted by molar-refractivity contribution is -0.118. The Morgan fingerprint density at radius 2 is 1.55 bits per heavy atom. The molecule has 0 spiro atoms. The van der Waals surface area contributed by atoms with E-state index in [9.17, 15) is 4.79 Å². The molecule has 0 saturated carbocycles. The molecule has 6 rings (SSSR count). The number of carbonyl (C=O) groups is 1. The van der Waals surface area contributed by atoms with Crippen molar-refractivity contribution >= 4 is 51.1 Å². The zero-order chi connectivity index (χ0) is 27.1. The zero-order valence-corrected chi connectivity index (χ0v) is 22.4. The van der Waals surface area contributed by atoms with Gasteiger partial charge in [0.25, 0.3) is 5.91 Å². The second kappa shape index (κ2) is 11.8. The molecule has 1 aromatic heterocycles. The Hall–Kier alpha value is -4.95. The molecule has 0 saturated heterocycles. The summed E-state index contributed by atoms with van der Waals surface area (Å²) in [5.74, 6) is 0.674. The molecule has 0 radical (unpaired) electrons. The van der Waals surface area contributed by atoms with Gasteiger partial charge in [-0.1, -0.05) is 103 Å². The van der Waals surface area contributed by atoms with Gasteiger partial charge in [-0.2, -0.15) is 5.10 Å². The molecule has 0 atom stereocenters. The van der Waals surface area contributed by atoms with Crippen LogP contribution >= 0.6 is 11.8 Å². The number of anilines is 1. The highest BCUT2D eigenvalue weighted by Gasteiger charge is 2.16. The molecule has 196 valence electrons. The quantitative estimate of drug-likeness (QED) is 0.125. The number of hydrogen-bond donors (Lipinski definition) is 2. The monoisotopic (exact) mass is 542 g/mol. The predicted octanol–water partition coefficient (Wildman–Crippen LogP) is 6.43. The second-order valence-corrected chi connectivity index (χ2v) is 10.1. The van der Waals surface area contributed by atoms with E-state index in [0.29, 0.717) is 11.7 Å². The average molecular weight is 543 g/mol. The van der Waals surface area contributed by atoms with Crippen LogP contribution in [-0.4, -0.2) is 32.6 Å². The predicted molar refractivity (Wildman–Crippen MR) is 163 cm³/mol. The van der Waals surface area contributed by atoms with Crippen molar-refractivity contribution in [3.63, 3.8) is 0 Å². The minimum absolute atomic E-state index is 0.150. The fourth-order valence-electron chi connectivity index (χ4n) is 4.53. The van der Waals surface area contributed by atoms with Crippen LogP contribution < -0.4 is 10.7 Å². The number of nitrogens with one attached hydrogen (secondary N) is 2. The van der Waals surface area contributed by atoms with Crippen molar-refractivity contribution in [1.82, 2.24) is 20.2 Å². The van der Waals surface area contributed by atoms with E-state index in [2.05, 4.69) is 62.4 Å². The lowest BCUT2D eigenvalue weighted by atomic mass is 10.1. The lowest BCUT2D eigenvalue weighted by Gasteiger charge is -2.12. The van der Waals surface area contributed by atoms with Gasteiger partial charge in [0.05, 0.1) is 18.5 Å². The summed E-state index contributed by atoms with van der Waals surface area (Å²) in [5.41, 5.74) is 5.49. The van der Waals surface area contributed by atoms with Crippen LogP contribution in [0.1, 0.15) is 11.4 Å². The average Bonchev–Trinajstić information content (AvgIpc) is 3.42. The third kappa shape index (κ3) is 5.72. The normalized spacial score (nSPS) is 11.3. The van der Waals surface area contributed by atoms with E-state index in [1.54, 1.807) is 6.21 Å². The third-order valence-electron chi connectivity index (χ3n) is 6.45. The molecule has 0 aliphatic heterocycles. The first-order chi connectivity index (χ1) is 19.7. The van der Waals surface area contributed by atoms with Gasteiger partial charge in [-0.3, -0.25) is 9.36 Å². The van der Waals surface area contributed by atoms with Crippen molar-refractivity contribution in [2.24, 2.45) is 5.10 Å². The Kier molecular flexibility index (Phi) is 7.50. The molecule has 0 fully saturated rings. The van der Waals surface area contributed by atoms with Gasteiger partial charge in [-0.15, -0.1) is 10.2 Å². The Balaban J connectivity index is 1.14. The van der Waals surface area contributed by atoms with Crippen LogP contribution in [0, 0.1) is 0 Å². The van der Waals surface area contributed by atoms with Gasteiger partial charge in [0.2, 0.25) is 0 Å². The number of para-hydroxylation sites is 1. The number of hydrazone groups is 1. The first-order valence-corrected chi connectivity index (χ1v) is 13.9. The maximum Gasteiger partial charge on any atom is 0.250 e. The lowest BCUT2D eigenvalue weighted by Crippen LogP contribution is -2.20. The number of rotatable bonds is 9. The largest absolute Gasteiger partial charge is 0.377 e. The number of amides is 1. The molecule has 7 nitrogen and oxygen atoms in total. The fraction of sp³-hybridized carbons (Fsp3) is 0.0625. The summed E-state index contributed by atoms with van der Waals surface area (Å²) in [5, 5.41) is 21.8. The van der Waals surface area contributed by atoms with Gasteiger partial charge in [-0.05, 0) is 46.0 Å². The summed E-state index contributed by atoms with van der Waals surface area (Å²) in [6.45, 7) is 0.471. The number of hydrogen-bond acceptors (Lipinski definition) is 6. The van der Waals surface area contributed by atoms with Crippen LogP contribution in [0.5, 0.6) is 0 Å². The second-order valence-electron chi connectivity index (χ2n) is 9.14. The van der Waals surface area contributed by atoms with Gasteiger partial charge in [0, 0.05) is 16.8 Å². The zero-order valence-electron chi connectivity index (χ0n) is 21.6. The number of benzene rings is 5. The van der Waals surface area contributed by atoms with Gasteiger partial charge < -0.3 is 5.32 Å². The number of aromatic nitrogens is 3. The number of carbonyl (C=O) groups excluding carboxylic acids is 1. The van der Waals surface area contributed by atoms with Crippen molar-refractivity contribution in [3.8, 4) is 5.69 Å². The fourth-order valence-corrected chi connectivity index (χ4v) is 5.29. The molecule has 6 aromatic rings. The Morgan fingerprint density at radius 3 is 2.42 bits per heavy atom. The molecule has 0 aliphatic rings. The van der Waals surface area contributed by atoms with Gasteiger partial charge in [0.15, 0.2) is 11.0 Å². The SMILES string of the molecule is O=C(CSc1nnc(CNc2cccc3ccccc23)n1-c1ccccc1)N/N=C\c1ccc2ccccc2c1. The van der Waals surface area contributed by atoms with Crippen LogP contribution in [0.15, 0.2) is 126 Å². The molecule has 0 bridgehead atoms. The summed E-state index contributed by atoms with van der Waals surface area (Å²) in [4.78, 5) is 12.6. The molecule has 40 heavy (non-hydrogen) atoms. The van der Waals surface area contributed by atoms with E-state index in [1.807, 2.05) is 83.4 Å². The Labute approximate surface area is 236 Å². The third-order valence-corrected chi connectivity index (χ3v) is 7.38. The highest BCUT2D eigenvalue weighted by Crippen LogP contribution is 2.26. The van der Waals surface area contributed by atoms with Gasteiger partial charge in [0.1, 0.15) is 0 Å². The van der Waals surface area contributed by atoms with Crippen molar-refractivity contribution in [3.05, 3.63) is 127 Å². The van der Waals surface area contributed by atoms with Crippen molar-refractivity contribution in [2.75, 3.05) is 11.1 Å². The molecule has 0 unspecified atom stereocenters. The van der Waals surface area contributed by atoms with Crippen molar-refractivity contribution in [1.29, 1.82) is 0 Å². The van der Waals surface area contributed by atoms with Crippen molar-refractivity contribution in [2.45, 2.75) is 11.7 Å². The summed E-state index contributed by atoms with van der Waals surface area (Å²) in [6, 6.07) is 38.6. The standard InChI is InChI=1S/C32H26N6OS/c39-31(36-34-20-23-17-18-24-9-4-5-11-26(24)19-23)22-40-32-37-35-30(38(32)27-13-2-1-3-14-27)21-33-29-16-8-12-25-10-6-7-15-28(25)29/h1-20,33H,21-22H2,(H,36,39)/b34-20-. The van der Waals surface area contributed by atoms with Gasteiger partial charge >= 0.3 is 0 Å². The first kappa shape index (κ1) is 25.3. The van der Waals surface area contributed by atoms with Crippen LogP contribution in [0.4, 0.5) is 5.69 Å². The number of nitrogens with zero attached hydrogens (tertiary/aromatic N) is 4. The molecular formula is C32H26N6OS. The molecule has 0 aliphatic carbocycles. The Morgan fingerprint density at radius 1 is 0.800 bits per heavy atom. The maximum absolute atomic E-state index is 12.6. The number of fused-ring (bicyclic) bond motifs is 2. The Bertz CT molecular complexity index is 1810. The van der Waals surface area contributed by atoms with Crippen LogP contribution in [0.2, 0.25) is 0 Å². The summed E-state index contributed by atoms with van der Waals surface area (Å²) in [6.07, 6.45) is 1.65. The summed E-state index contributed by atoms with van der Waals surface area (Å²) in [7, 11) is 0. The van der Waals surface area contributed by atoms with E-state index in [-0.39, 0.29) is 11.7 Å². The molecular weight excluding hydrogens is 516 g/mol. The van der Waals surface area contributed by atoms with E-state index in [4.69, 9.17) is 0 Å². The van der Waals surface area contributed by atoms with Crippen LogP contribution in [0.3, 0.4) is 0 Å². The molecule has 5 aromatic carbocycles. The van der Waals surface area contributed by atoms with Crippen LogP contribution in [0.25, 0.3) is 27.2 Å². The topological polar surface area (TPSA) is 84.2 Å². The minimum atomic E-state index is -0.222. The maximum atomic E-state index is 12.6. The van der Waals surface area contributed by atoms with E-state index in [1.165, 1.54) is 17.1 Å². The molecule has 1 heterocycles. The van der Waals surface area contributed by atoms with E-state index in [0.717, 1.165) is 38.9 Å². The molecule has 8 heteroatoms. The highest BCUT2D eigenvalue weighted by atomic mass is 32.2. The smallest absolute Gasteiger partial charge is 0.250 e. The summed E-state index contributed by atoms with van der Waals surface area (Å²) >= 11 is 1.32. The highest BCUT2D eigenvalue weighted by molar-refractivity contribution is 7.99. The van der Waals surface area contributed by atoms with E-state index >= 15 is 0 Å². The van der Waals surface area contributed by atoms with Crippen LogP contribution in [-0.2, 0) is 11.3 Å². The van der Waals surface area contributed by atoms with Gasteiger partial charge in [-0.25, -0.2) is 5.43 Å². The summed E-state index contributed by atoms with van der Waals surface area (Å²) < 4.78 is 1.98. The van der Waals surface area contributed by atoms with Crippen molar-refractivity contribution < 1.29 is 4.79 Å². The minimum Gasteiger partial charge on any atom is -0.377 e. The molecule has 1 amide bonds. The molecule has 2 N–H and O–H groups in total. The first-order valence-electron chi connectivity index (χ1n) is 12.9.